The molecule has 1 fully saturated rings. The van der Waals surface area contributed by atoms with Gasteiger partial charge in [-0.05, 0) is 68.2 Å². The number of rotatable bonds is 7. The zero-order chi connectivity index (χ0) is 21.1. The van der Waals surface area contributed by atoms with Gasteiger partial charge in [0, 0.05) is 12.1 Å². The summed E-state index contributed by atoms with van der Waals surface area (Å²) < 4.78 is 6.78. The van der Waals surface area contributed by atoms with Crippen molar-refractivity contribution >= 4 is 5.91 Å². The van der Waals surface area contributed by atoms with Gasteiger partial charge in [-0.1, -0.05) is 25.5 Å². The van der Waals surface area contributed by atoms with E-state index in [1.165, 1.54) is 6.42 Å². The van der Waals surface area contributed by atoms with Crippen LogP contribution in [0.25, 0.3) is 0 Å². The van der Waals surface area contributed by atoms with E-state index in [1.54, 1.807) is 17.9 Å². The fourth-order valence-corrected chi connectivity index (χ4v) is 4.40. The number of carbonyl (C=O) groups is 1. The molecule has 1 N–H and O–H groups in total. The minimum Gasteiger partial charge on any atom is -0.497 e. The van der Waals surface area contributed by atoms with Crippen LogP contribution in [0, 0.1) is 0 Å². The second-order valence-electron chi connectivity index (χ2n) is 8.59. The summed E-state index contributed by atoms with van der Waals surface area (Å²) in [5.41, 5.74) is 2.65. The number of amides is 1. The van der Waals surface area contributed by atoms with Crippen molar-refractivity contribution in [2.45, 2.75) is 76.3 Å². The molecule has 0 saturated heterocycles. The first-order valence-electron chi connectivity index (χ1n) is 11.1. The summed E-state index contributed by atoms with van der Waals surface area (Å²) in [6.07, 6.45) is 7.74. The number of aryl methyl sites for hydroxylation is 2. The van der Waals surface area contributed by atoms with Crippen LogP contribution in [0.1, 0.15) is 62.3 Å². The summed E-state index contributed by atoms with van der Waals surface area (Å²) in [5.74, 6) is 0.831. The van der Waals surface area contributed by atoms with Gasteiger partial charge in [0.15, 0.2) is 0 Å². The first-order chi connectivity index (χ1) is 14.6. The zero-order valence-electron chi connectivity index (χ0n) is 17.9. The molecule has 6 heteroatoms. The SMILES string of the molecule is CC[C@@H](Cn1nc2c(cc1=O)CCCCC2)NC(=O)C1(c2ccc(OC)cc2)CC1. The second-order valence-corrected chi connectivity index (χ2v) is 8.59. The molecule has 1 aromatic carbocycles. The number of aromatic nitrogens is 2. The van der Waals surface area contributed by atoms with Crippen LogP contribution in [0.4, 0.5) is 0 Å². The molecule has 0 aliphatic heterocycles. The average molecular weight is 410 g/mol. The molecule has 1 aromatic heterocycles. The Bertz CT molecular complexity index is 961. The molecule has 1 amide bonds. The maximum Gasteiger partial charge on any atom is 0.267 e. The van der Waals surface area contributed by atoms with Crippen molar-refractivity contribution in [3.05, 3.63) is 57.5 Å². The van der Waals surface area contributed by atoms with Crippen molar-refractivity contribution in [2.75, 3.05) is 7.11 Å². The van der Waals surface area contributed by atoms with Crippen molar-refractivity contribution in [3.8, 4) is 5.75 Å². The van der Waals surface area contributed by atoms with Gasteiger partial charge >= 0.3 is 0 Å². The van der Waals surface area contributed by atoms with Crippen molar-refractivity contribution in [1.29, 1.82) is 0 Å². The zero-order valence-corrected chi connectivity index (χ0v) is 17.9. The van der Waals surface area contributed by atoms with Crippen LogP contribution in [0.2, 0.25) is 0 Å². The van der Waals surface area contributed by atoms with Gasteiger partial charge in [0.05, 0.1) is 24.8 Å². The third kappa shape index (κ3) is 4.13. The number of fused-ring (bicyclic) bond motifs is 1. The highest BCUT2D eigenvalue weighted by Crippen LogP contribution is 2.48. The van der Waals surface area contributed by atoms with Gasteiger partial charge in [0.2, 0.25) is 5.91 Å². The highest BCUT2D eigenvalue weighted by atomic mass is 16.5. The number of nitrogens with zero attached hydrogens (tertiary/aromatic N) is 2. The molecule has 4 rings (SSSR count). The highest BCUT2D eigenvalue weighted by molar-refractivity contribution is 5.91. The lowest BCUT2D eigenvalue weighted by molar-refractivity contribution is -0.124. The van der Waals surface area contributed by atoms with Gasteiger partial charge in [-0.2, -0.15) is 5.10 Å². The number of benzene rings is 1. The van der Waals surface area contributed by atoms with Crippen molar-refractivity contribution in [1.82, 2.24) is 15.1 Å². The van der Waals surface area contributed by atoms with E-state index in [0.717, 1.165) is 67.5 Å². The predicted molar refractivity (Wildman–Crippen MR) is 116 cm³/mol. The Hall–Kier alpha value is -2.63. The number of carbonyl (C=O) groups excluding carboxylic acids is 1. The summed E-state index contributed by atoms with van der Waals surface area (Å²) in [4.78, 5) is 25.8. The average Bonchev–Trinajstić information content (AvgIpc) is 3.59. The maximum atomic E-state index is 13.2. The van der Waals surface area contributed by atoms with E-state index in [0.29, 0.717) is 6.54 Å². The van der Waals surface area contributed by atoms with Crippen LogP contribution < -0.4 is 15.6 Å². The monoisotopic (exact) mass is 409 g/mol. The Morgan fingerprint density at radius 3 is 2.60 bits per heavy atom. The molecule has 1 saturated carbocycles. The third-order valence-electron chi connectivity index (χ3n) is 6.57. The van der Waals surface area contributed by atoms with Gasteiger partial charge < -0.3 is 10.1 Å². The molecule has 0 unspecified atom stereocenters. The van der Waals surface area contributed by atoms with Crippen LogP contribution >= 0.6 is 0 Å². The number of ether oxygens (including phenoxy) is 1. The minimum atomic E-state index is -0.453. The van der Waals surface area contributed by atoms with E-state index in [-0.39, 0.29) is 17.5 Å². The molecular weight excluding hydrogens is 378 g/mol. The first-order valence-corrected chi connectivity index (χ1v) is 11.1. The van der Waals surface area contributed by atoms with Crippen molar-refractivity contribution in [2.24, 2.45) is 0 Å². The van der Waals surface area contributed by atoms with E-state index in [4.69, 9.17) is 4.74 Å². The quantitative estimate of drug-likeness (QED) is 0.713. The fourth-order valence-electron chi connectivity index (χ4n) is 4.40. The molecular formula is C24H31N3O3. The van der Waals surface area contributed by atoms with E-state index < -0.39 is 5.41 Å². The Morgan fingerprint density at radius 1 is 1.20 bits per heavy atom. The van der Waals surface area contributed by atoms with E-state index in [1.807, 2.05) is 31.2 Å². The minimum absolute atomic E-state index is 0.0438. The van der Waals surface area contributed by atoms with Crippen LogP contribution in [-0.2, 0) is 29.6 Å². The summed E-state index contributed by atoms with van der Waals surface area (Å²) >= 11 is 0. The normalized spacial score (nSPS) is 18.1. The fraction of sp³-hybridized carbons (Fsp3) is 0.542. The van der Waals surface area contributed by atoms with Gasteiger partial charge in [-0.3, -0.25) is 9.59 Å². The molecule has 6 nitrogen and oxygen atoms in total. The lowest BCUT2D eigenvalue weighted by Gasteiger charge is -2.23. The van der Waals surface area contributed by atoms with E-state index >= 15 is 0 Å². The van der Waals surface area contributed by atoms with Crippen LogP contribution in [-0.4, -0.2) is 28.8 Å². The van der Waals surface area contributed by atoms with Gasteiger partial charge in [-0.25, -0.2) is 4.68 Å². The lowest BCUT2D eigenvalue weighted by Crippen LogP contribution is -2.45. The molecule has 1 atom stereocenters. The van der Waals surface area contributed by atoms with Crippen LogP contribution in [0.15, 0.2) is 35.1 Å². The molecule has 0 bridgehead atoms. The summed E-state index contributed by atoms with van der Waals surface area (Å²) in [5, 5.41) is 7.86. The summed E-state index contributed by atoms with van der Waals surface area (Å²) in [6, 6.07) is 9.39. The standard InChI is InChI=1S/C24H31N3O3/c1-3-19(16-27-22(28)15-17-7-5-4-6-8-21(17)26-27)25-23(29)24(13-14-24)18-9-11-20(30-2)12-10-18/h9-12,15,19H,3-8,13-14,16H2,1-2H3,(H,25,29)/t19-/m0/s1. The third-order valence-corrected chi connectivity index (χ3v) is 6.57. The summed E-state index contributed by atoms with van der Waals surface area (Å²) in [7, 11) is 1.64. The van der Waals surface area contributed by atoms with E-state index in [9.17, 15) is 9.59 Å². The molecule has 0 spiro atoms. The van der Waals surface area contributed by atoms with Crippen molar-refractivity contribution in [3.63, 3.8) is 0 Å². The van der Waals surface area contributed by atoms with Gasteiger partial charge in [-0.15, -0.1) is 0 Å². The molecule has 160 valence electrons. The molecule has 30 heavy (non-hydrogen) atoms. The molecule has 2 aromatic rings. The molecule has 0 radical (unpaired) electrons. The number of methoxy groups -OCH3 is 1. The Balaban J connectivity index is 1.48. The number of hydrogen-bond donors (Lipinski definition) is 1. The van der Waals surface area contributed by atoms with E-state index in [2.05, 4.69) is 10.4 Å². The lowest BCUT2D eigenvalue weighted by atomic mass is 9.94. The molecule has 1 heterocycles. The second kappa shape index (κ2) is 8.62. The molecule has 2 aliphatic carbocycles. The highest BCUT2D eigenvalue weighted by Gasteiger charge is 2.51. The topological polar surface area (TPSA) is 73.2 Å². The van der Waals surface area contributed by atoms with Crippen LogP contribution in [0.3, 0.4) is 0 Å². The largest absolute Gasteiger partial charge is 0.497 e. The smallest absolute Gasteiger partial charge is 0.267 e. The summed E-state index contributed by atoms with van der Waals surface area (Å²) in [6.45, 7) is 2.44. The first kappa shape index (κ1) is 20.6. The Morgan fingerprint density at radius 2 is 1.93 bits per heavy atom. The predicted octanol–water partition coefficient (Wildman–Crippen LogP) is 3.15. The Labute approximate surface area is 177 Å². The maximum absolute atomic E-state index is 13.2. The number of nitrogens with one attached hydrogen (secondary N) is 1. The van der Waals surface area contributed by atoms with Crippen molar-refractivity contribution < 1.29 is 9.53 Å². The Kier molecular flexibility index (Phi) is 5.93. The van der Waals surface area contributed by atoms with Crippen LogP contribution in [0.5, 0.6) is 5.75 Å². The van der Waals surface area contributed by atoms with Gasteiger partial charge in [0.1, 0.15) is 5.75 Å². The van der Waals surface area contributed by atoms with Gasteiger partial charge in [0.25, 0.3) is 5.56 Å². The number of hydrogen-bond acceptors (Lipinski definition) is 4. The molecule has 2 aliphatic rings.